The Hall–Kier alpha value is -2.62. The number of ketones is 1. The van der Waals surface area contributed by atoms with Gasteiger partial charge in [0, 0.05) is 30.0 Å². The van der Waals surface area contributed by atoms with Gasteiger partial charge in [0.15, 0.2) is 5.78 Å². The summed E-state index contributed by atoms with van der Waals surface area (Å²) >= 11 is 0. The monoisotopic (exact) mass is 308 g/mol. The lowest BCUT2D eigenvalue weighted by atomic mass is 9.99. The van der Waals surface area contributed by atoms with E-state index in [-0.39, 0.29) is 17.7 Å². The molecule has 0 spiro atoms. The largest absolute Gasteiger partial charge is 0.380 e. The van der Waals surface area contributed by atoms with E-state index < -0.39 is 0 Å². The third-order valence-electron chi connectivity index (χ3n) is 4.06. The molecule has 3 rings (SSSR count). The summed E-state index contributed by atoms with van der Waals surface area (Å²) in [5, 5.41) is 6.36. The Balaban J connectivity index is 2.02. The minimum Gasteiger partial charge on any atom is -0.380 e. The molecule has 0 bridgehead atoms. The maximum atomic E-state index is 11.9. The summed E-state index contributed by atoms with van der Waals surface area (Å²) < 4.78 is 0. The second kappa shape index (κ2) is 6.24. The number of hydrogen-bond donors (Lipinski definition) is 2. The van der Waals surface area contributed by atoms with E-state index in [0.717, 1.165) is 28.1 Å². The lowest BCUT2D eigenvalue weighted by Crippen LogP contribution is -2.19. The van der Waals surface area contributed by atoms with Crippen LogP contribution in [0, 0.1) is 0 Å². The van der Waals surface area contributed by atoms with Crippen molar-refractivity contribution in [3.05, 3.63) is 48.0 Å². The Morgan fingerprint density at radius 1 is 1.17 bits per heavy atom. The zero-order valence-electron chi connectivity index (χ0n) is 13.3. The first kappa shape index (κ1) is 15.3. The highest BCUT2D eigenvalue weighted by Gasteiger charge is 2.20. The van der Waals surface area contributed by atoms with E-state index in [2.05, 4.69) is 10.6 Å². The van der Waals surface area contributed by atoms with Crippen LogP contribution in [-0.4, -0.2) is 17.7 Å². The molecule has 0 aliphatic carbocycles. The summed E-state index contributed by atoms with van der Waals surface area (Å²) in [5.41, 5.74) is 4.50. The van der Waals surface area contributed by atoms with Crippen LogP contribution < -0.4 is 10.6 Å². The number of Topliss-reactive ketones (excluding diaryl/α,β-unsaturated/α-hetero) is 1. The molecule has 1 amide bonds. The fourth-order valence-corrected chi connectivity index (χ4v) is 2.87. The minimum absolute atomic E-state index is 0.0183. The number of carbonyl (C=O) groups excluding carboxylic acids is 2. The van der Waals surface area contributed by atoms with E-state index in [1.54, 1.807) is 0 Å². The van der Waals surface area contributed by atoms with Gasteiger partial charge in [-0.1, -0.05) is 43.3 Å². The smallest absolute Gasteiger partial charge is 0.226 e. The Bertz CT molecular complexity index is 750. The predicted molar refractivity (Wildman–Crippen MR) is 92.8 cm³/mol. The number of hydrogen-bond acceptors (Lipinski definition) is 3. The molecule has 2 aromatic rings. The Labute approximate surface area is 135 Å². The fourth-order valence-electron chi connectivity index (χ4n) is 2.87. The van der Waals surface area contributed by atoms with E-state index in [0.29, 0.717) is 12.8 Å². The molecule has 4 heteroatoms. The van der Waals surface area contributed by atoms with Gasteiger partial charge in [0.2, 0.25) is 5.91 Å². The van der Waals surface area contributed by atoms with Crippen molar-refractivity contribution in [3.8, 4) is 11.1 Å². The Morgan fingerprint density at radius 2 is 1.91 bits per heavy atom. The lowest BCUT2D eigenvalue weighted by Gasteiger charge is -2.16. The van der Waals surface area contributed by atoms with Crippen LogP contribution in [0.25, 0.3) is 11.1 Å². The zero-order valence-corrected chi connectivity index (χ0v) is 13.3. The summed E-state index contributed by atoms with van der Waals surface area (Å²) in [7, 11) is 0. The van der Waals surface area contributed by atoms with Crippen molar-refractivity contribution in [2.75, 3.05) is 10.6 Å². The average Bonchev–Trinajstić information content (AvgIpc) is 2.70. The molecule has 1 aliphatic rings. The van der Waals surface area contributed by atoms with Crippen molar-refractivity contribution >= 4 is 23.1 Å². The van der Waals surface area contributed by atoms with Gasteiger partial charge in [0.1, 0.15) is 0 Å². The lowest BCUT2D eigenvalue weighted by molar-refractivity contribution is -0.116. The Kier molecular flexibility index (Phi) is 4.15. The van der Waals surface area contributed by atoms with E-state index in [1.807, 2.05) is 56.3 Å². The molecular weight excluding hydrogens is 288 g/mol. The molecule has 1 heterocycles. The number of benzene rings is 2. The third kappa shape index (κ3) is 3.11. The molecule has 118 valence electrons. The molecule has 0 saturated carbocycles. The highest BCUT2D eigenvalue weighted by atomic mass is 16.1. The van der Waals surface area contributed by atoms with Crippen LogP contribution in [0.5, 0.6) is 0 Å². The molecule has 0 aromatic heterocycles. The van der Waals surface area contributed by atoms with Crippen LogP contribution in [0.2, 0.25) is 0 Å². The van der Waals surface area contributed by atoms with Crippen LogP contribution in [-0.2, 0) is 4.79 Å². The highest BCUT2D eigenvalue weighted by molar-refractivity contribution is 6.01. The maximum absolute atomic E-state index is 11.9. The SMILES string of the molecule is CCC(=O)c1ccc(-c2cccc3c2N[C@H](C)CC(=O)N3)cc1. The van der Waals surface area contributed by atoms with Gasteiger partial charge >= 0.3 is 0 Å². The van der Waals surface area contributed by atoms with E-state index in [4.69, 9.17) is 0 Å². The van der Waals surface area contributed by atoms with Crippen molar-refractivity contribution < 1.29 is 9.59 Å². The molecule has 4 nitrogen and oxygen atoms in total. The number of carbonyl (C=O) groups is 2. The number of anilines is 2. The third-order valence-corrected chi connectivity index (χ3v) is 4.06. The van der Waals surface area contributed by atoms with Crippen LogP contribution in [0.1, 0.15) is 37.0 Å². The molecule has 2 N–H and O–H groups in total. The van der Waals surface area contributed by atoms with Crippen LogP contribution >= 0.6 is 0 Å². The molecule has 0 unspecified atom stereocenters. The summed E-state index contributed by atoms with van der Waals surface area (Å²) in [4.78, 5) is 23.6. The normalized spacial score (nSPS) is 16.8. The van der Waals surface area contributed by atoms with Crippen molar-refractivity contribution in [3.63, 3.8) is 0 Å². The maximum Gasteiger partial charge on any atom is 0.226 e. The van der Waals surface area contributed by atoms with Gasteiger partial charge in [-0.3, -0.25) is 9.59 Å². The van der Waals surface area contributed by atoms with E-state index in [1.165, 1.54) is 0 Å². The summed E-state index contributed by atoms with van der Waals surface area (Å²) in [6, 6.07) is 13.5. The second-order valence-electron chi connectivity index (χ2n) is 5.88. The van der Waals surface area contributed by atoms with Gasteiger partial charge < -0.3 is 10.6 Å². The first-order valence-electron chi connectivity index (χ1n) is 7.91. The van der Waals surface area contributed by atoms with E-state index >= 15 is 0 Å². The second-order valence-corrected chi connectivity index (χ2v) is 5.88. The van der Waals surface area contributed by atoms with Crippen molar-refractivity contribution in [2.45, 2.75) is 32.7 Å². The summed E-state index contributed by atoms with van der Waals surface area (Å²) in [6.45, 7) is 3.86. The van der Waals surface area contributed by atoms with Gasteiger partial charge in [-0.05, 0) is 18.6 Å². The van der Waals surface area contributed by atoms with Gasteiger partial charge in [0.25, 0.3) is 0 Å². The van der Waals surface area contributed by atoms with Crippen molar-refractivity contribution in [1.82, 2.24) is 0 Å². The molecule has 0 radical (unpaired) electrons. The molecule has 1 atom stereocenters. The summed E-state index contributed by atoms with van der Waals surface area (Å²) in [6.07, 6.45) is 0.948. The van der Waals surface area contributed by atoms with Gasteiger partial charge in [-0.15, -0.1) is 0 Å². The Morgan fingerprint density at radius 3 is 2.61 bits per heavy atom. The van der Waals surface area contributed by atoms with Gasteiger partial charge in [0.05, 0.1) is 11.4 Å². The fraction of sp³-hybridized carbons (Fsp3) is 0.263. The van der Waals surface area contributed by atoms with E-state index in [9.17, 15) is 9.59 Å². The number of amides is 1. The zero-order chi connectivity index (χ0) is 16.4. The topological polar surface area (TPSA) is 58.2 Å². The van der Waals surface area contributed by atoms with Crippen molar-refractivity contribution in [2.24, 2.45) is 0 Å². The molecule has 0 saturated heterocycles. The first-order chi connectivity index (χ1) is 11.1. The van der Waals surface area contributed by atoms with Crippen molar-refractivity contribution in [1.29, 1.82) is 0 Å². The first-order valence-corrected chi connectivity index (χ1v) is 7.91. The minimum atomic E-state index is 0.0183. The molecule has 2 aromatic carbocycles. The average molecular weight is 308 g/mol. The number of fused-ring (bicyclic) bond motifs is 1. The summed E-state index contributed by atoms with van der Waals surface area (Å²) in [5.74, 6) is 0.159. The molecule has 23 heavy (non-hydrogen) atoms. The number of para-hydroxylation sites is 1. The van der Waals surface area contributed by atoms with Crippen LogP contribution in [0.3, 0.4) is 0 Å². The molecule has 1 aliphatic heterocycles. The number of rotatable bonds is 3. The highest BCUT2D eigenvalue weighted by Crippen LogP contribution is 2.36. The number of nitrogens with one attached hydrogen (secondary N) is 2. The van der Waals surface area contributed by atoms with Gasteiger partial charge in [-0.2, -0.15) is 0 Å². The quantitative estimate of drug-likeness (QED) is 0.840. The van der Waals surface area contributed by atoms with Crippen LogP contribution in [0.4, 0.5) is 11.4 Å². The van der Waals surface area contributed by atoms with Crippen LogP contribution in [0.15, 0.2) is 42.5 Å². The molecular formula is C19H20N2O2. The standard InChI is InChI=1S/C19H20N2O2/c1-3-17(22)14-9-7-13(8-10-14)15-5-4-6-16-19(15)20-12(2)11-18(23)21-16/h4-10,12,20H,3,11H2,1-2H3,(H,21,23)/t12-/m1/s1. The molecule has 0 fully saturated rings. The van der Waals surface area contributed by atoms with Gasteiger partial charge in [-0.25, -0.2) is 0 Å². The predicted octanol–water partition coefficient (Wildman–Crippen LogP) is 4.09.